The van der Waals surface area contributed by atoms with Crippen molar-refractivity contribution in [1.82, 2.24) is 0 Å². The molecule has 0 N–H and O–H groups in total. The van der Waals surface area contributed by atoms with Crippen molar-refractivity contribution in [2.75, 3.05) is 7.11 Å². The Kier molecular flexibility index (Phi) is 4.10. The van der Waals surface area contributed by atoms with Crippen LogP contribution in [0.5, 0.6) is 5.75 Å². The van der Waals surface area contributed by atoms with Crippen molar-refractivity contribution >= 4 is 6.08 Å². The number of benzene rings is 2. The topological polar surface area (TPSA) is 34.0 Å². The third-order valence-electron chi connectivity index (χ3n) is 3.63. The van der Waals surface area contributed by atoms with Crippen molar-refractivity contribution < 1.29 is 4.74 Å². The van der Waals surface area contributed by atoms with Crippen LogP contribution in [0.25, 0.3) is 6.08 Å². The van der Waals surface area contributed by atoms with Gasteiger partial charge >= 0.3 is 0 Å². The van der Waals surface area contributed by atoms with Crippen LogP contribution >= 0.6 is 0 Å². The van der Waals surface area contributed by atoms with Crippen LogP contribution in [-0.4, -0.2) is 13.2 Å². The van der Waals surface area contributed by atoms with Gasteiger partial charge in [-0.3, -0.25) is 0 Å². The summed E-state index contributed by atoms with van der Waals surface area (Å²) in [5.41, 5.74) is 2.38. The number of nitrogens with zero attached hydrogens (tertiary/aromatic N) is 2. The molecule has 1 aliphatic rings. The van der Waals surface area contributed by atoms with Gasteiger partial charge in [-0.05, 0) is 23.3 Å². The van der Waals surface area contributed by atoms with E-state index in [1.165, 1.54) is 11.1 Å². The Bertz CT molecular complexity index is 632. The molecule has 0 bridgehead atoms. The van der Waals surface area contributed by atoms with Gasteiger partial charge in [-0.1, -0.05) is 54.6 Å². The maximum absolute atomic E-state index is 5.18. The summed E-state index contributed by atoms with van der Waals surface area (Å²) in [5.74, 6) is 0.870. The van der Waals surface area contributed by atoms with Crippen LogP contribution in [-0.2, 0) is 0 Å². The van der Waals surface area contributed by atoms with Gasteiger partial charge in [0, 0.05) is 6.42 Å². The number of hydrogen-bond donors (Lipinski definition) is 0. The average molecular weight is 278 g/mol. The molecule has 2 unspecified atom stereocenters. The summed E-state index contributed by atoms with van der Waals surface area (Å²) in [5, 5.41) is 8.75. The molecule has 1 heterocycles. The SMILES string of the molecule is COc1ccc(C2CC(C=Cc3ccccc3)N=N2)cc1. The fourth-order valence-corrected chi connectivity index (χ4v) is 2.42. The Hall–Kier alpha value is -2.42. The predicted molar refractivity (Wildman–Crippen MR) is 84.5 cm³/mol. The van der Waals surface area contributed by atoms with Crippen LogP contribution in [0.3, 0.4) is 0 Å². The summed E-state index contributed by atoms with van der Waals surface area (Å²) in [4.78, 5) is 0. The van der Waals surface area contributed by atoms with E-state index in [9.17, 15) is 0 Å². The maximum Gasteiger partial charge on any atom is 0.118 e. The second-order valence-electron chi connectivity index (χ2n) is 5.09. The molecule has 2 aromatic carbocycles. The molecule has 0 amide bonds. The molecule has 3 rings (SSSR count). The quantitative estimate of drug-likeness (QED) is 0.799. The zero-order valence-corrected chi connectivity index (χ0v) is 12.0. The molecule has 1 aliphatic heterocycles. The molecule has 0 spiro atoms. The van der Waals surface area contributed by atoms with E-state index >= 15 is 0 Å². The predicted octanol–water partition coefficient (Wildman–Crippen LogP) is 4.67. The van der Waals surface area contributed by atoms with E-state index in [2.05, 4.69) is 46.6 Å². The van der Waals surface area contributed by atoms with Gasteiger partial charge in [-0.15, -0.1) is 0 Å². The highest BCUT2D eigenvalue weighted by Crippen LogP contribution is 2.31. The molecule has 3 heteroatoms. The number of methoxy groups -OCH3 is 1. The first-order valence-electron chi connectivity index (χ1n) is 7.12. The Morgan fingerprint density at radius 3 is 2.48 bits per heavy atom. The molecule has 3 nitrogen and oxygen atoms in total. The van der Waals surface area contributed by atoms with Crippen molar-refractivity contribution in [3.63, 3.8) is 0 Å². The Balaban J connectivity index is 1.63. The third kappa shape index (κ3) is 3.37. The third-order valence-corrected chi connectivity index (χ3v) is 3.63. The maximum atomic E-state index is 5.18. The number of azo groups is 1. The zero-order chi connectivity index (χ0) is 14.5. The molecule has 2 aromatic rings. The van der Waals surface area contributed by atoms with Crippen molar-refractivity contribution in [2.45, 2.75) is 18.5 Å². The van der Waals surface area contributed by atoms with Crippen LogP contribution in [0.15, 0.2) is 70.9 Å². The van der Waals surface area contributed by atoms with E-state index in [1.807, 2.05) is 30.3 Å². The standard InChI is InChI=1S/C18H18N2O/c1-21-17-11-8-15(9-12-17)18-13-16(19-20-18)10-7-14-5-3-2-4-6-14/h2-12,16,18H,13H2,1H3. The van der Waals surface area contributed by atoms with Crippen molar-refractivity contribution in [3.8, 4) is 5.75 Å². The van der Waals surface area contributed by atoms with Crippen molar-refractivity contribution in [1.29, 1.82) is 0 Å². The lowest BCUT2D eigenvalue weighted by Gasteiger charge is -2.07. The summed E-state index contributed by atoms with van der Waals surface area (Å²) < 4.78 is 5.18. The molecule has 0 radical (unpaired) electrons. The monoisotopic (exact) mass is 278 g/mol. The Morgan fingerprint density at radius 1 is 1.00 bits per heavy atom. The van der Waals surface area contributed by atoms with E-state index in [4.69, 9.17) is 4.74 Å². The molecule has 0 saturated heterocycles. The first kappa shape index (κ1) is 13.6. The van der Waals surface area contributed by atoms with E-state index in [1.54, 1.807) is 7.11 Å². The van der Waals surface area contributed by atoms with Gasteiger partial charge < -0.3 is 4.74 Å². The van der Waals surface area contributed by atoms with Gasteiger partial charge in [-0.2, -0.15) is 10.2 Å². The molecule has 0 aliphatic carbocycles. The Labute approximate surface area is 125 Å². The van der Waals surface area contributed by atoms with Crippen LogP contribution in [0.1, 0.15) is 23.6 Å². The van der Waals surface area contributed by atoms with Gasteiger partial charge in [0.15, 0.2) is 0 Å². The summed E-state index contributed by atoms with van der Waals surface area (Å²) in [6.45, 7) is 0. The number of rotatable bonds is 4. The van der Waals surface area contributed by atoms with Gasteiger partial charge in [0.1, 0.15) is 5.75 Å². The van der Waals surface area contributed by atoms with E-state index in [0.717, 1.165) is 12.2 Å². The smallest absolute Gasteiger partial charge is 0.118 e. The van der Waals surface area contributed by atoms with E-state index in [0.29, 0.717) is 0 Å². The summed E-state index contributed by atoms with van der Waals surface area (Å²) in [7, 11) is 1.68. The fraction of sp³-hybridized carbons (Fsp3) is 0.222. The highest BCUT2D eigenvalue weighted by atomic mass is 16.5. The average Bonchev–Trinajstić information content (AvgIpc) is 3.03. The van der Waals surface area contributed by atoms with Crippen molar-refractivity contribution in [2.24, 2.45) is 10.2 Å². The van der Waals surface area contributed by atoms with Crippen LogP contribution in [0.4, 0.5) is 0 Å². The Morgan fingerprint density at radius 2 is 1.76 bits per heavy atom. The molecule has 106 valence electrons. The first-order valence-corrected chi connectivity index (χ1v) is 7.12. The number of ether oxygens (including phenoxy) is 1. The van der Waals surface area contributed by atoms with Crippen LogP contribution < -0.4 is 4.74 Å². The second-order valence-corrected chi connectivity index (χ2v) is 5.09. The second kappa shape index (κ2) is 6.35. The molecule has 21 heavy (non-hydrogen) atoms. The van der Waals surface area contributed by atoms with Gasteiger partial charge in [0.25, 0.3) is 0 Å². The number of hydrogen-bond acceptors (Lipinski definition) is 3. The molecule has 0 saturated carbocycles. The van der Waals surface area contributed by atoms with Crippen LogP contribution in [0, 0.1) is 0 Å². The van der Waals surface area contributed by atoms with Crippen LogP contribution in [0.2, 0.25) is 0 Å². The zero-order valence-electron chi connectivity index (χ0n) is 12.0. The minimum Gasteiger partial charge on any atom is -0.497 e. The summed E-state index contributed by atoms with van der Waals surface area (Å²) >= 11 is 0. The highest BCUT2D eigenvalue weighted by Gasteiger charge is 2.21. The normalized spacial score (nSPS) is 21.0. The minimum absolute atomic E-state index is 0.154. The van der Waals surface area contributed by atoms with Gasteiger partial charge in [-0.25, -0.2) is 0 Å². The van der Waals surface area contributed by atoms with E-state index in [-0.39, 0.29) is 12.1 Å². The molecular formula is C18H18N2O. The summed E-state index contributed by atoms with van der Waals surface area (Å²) in [6.07, 6.45) is 5.16. The largest absolute Gasteiger partial charge is 0.497 e. The lowest BCUT2D eigenvalue weighted by molar-refractivity contribution is 0.414. The summed E-state index contributed by atoms with van der Waals surface area (Å²) in [6, 6.07) is 18.7. The first-order chi connectivity index (χ1) is 10.3. The molecule has 0 aromatic heterocycles. The fourth-order valence-electron chi connectivity index (χ4n) is 2.42. The van der Waals surface area contributed by atoms with E-state index < -0.39 is 0 Å². The highest BCUT2D eigenvalue weighted by molar-refractivity contribution is 5.49. The lowest BCUT2D eigenvalue weighted by Crippen LogP contribution is -1.99. The molecular weight excluding hydrogens is 260 g/mol. The minimum atomic E-state index is 0.154. The van der Waals surface area contributed by atoms with Crippen molar-refractivity contribution in [3.05, 3.63) is 71.8 Å². The van der Waals surface area contributed by atoms with Gasteiger partial charge in [0.2, 0.25) is 0 Å². The molecule has 2 atom stereocenters. The molecule has 0 fully saturated rings. The lowest BCUT2D eigenvalue weighted by atomic mass is 10.0. The van der Waals surface area contributed by atoms with Gasteiger partial charge in [0.05, 0.1) is 19.2 Å².